The fourth-order valence-electron chi connectivity index (χ4n) is 3.30. The highest BCUT2D eigenvalue weighted by Crippen LogP contribution is 2.32. The monoisotopic (exact) mass is 367 g/mol. The summed E-state index contributed by atoms with van der Waals surface area (Å²) in [5.74, 6) is -1.09. The van der Waals surface area contributed by atoms with Gasteiger partial charge in [-0.05, 0) is 60.9 Å². The molecule has 2 aromatic carbocycles. The first-order chi connectivity index (χ1) is 13.1. The predicted molar refractivity (Wildman–Crippen MR) is 110 cm³/mol. The molecule has 1 amide bonds. The zero-order valence-electron chi connectivity index (χ0n) is 15.9. The van der Waals surface area contributed by atoms with Crippen LogP contribution in [-0.2, 0) is 4.79 Å². The quantitative estimate of drug-likeness (QED) is 0.645. The van der Waals surface area contributed by atoms with Crippen molar-refractivity contribution in [3.8, 4) is 0 Å². The Morgan fingerprint density at radius 2 is 1.89 bits per heavy atom. The van der Waals surface area contributed by atoms with Crippen LogP contribution in [0.2, 0.25) is 0 Å². The highest BCUT2D eigenvalue weighted by molar-refractivity contribution is 6.12. The standard InChI is InChI=1S/C22H26FN3O/c1-3-5-13-26(12-4-2)18-9-7-17(8-10-18)24-15-20-19-14-16(23)6-11-21(19)25-22(20)27/h6-11,14-15,20H,3-5,12-13H2,1-2H3,(H,25,27). The zero-order valence-corrected chi connectivity index (χ0v) is 15.9. The summed E-state index contributed by atoms with van der Waals surface area (Å²) < 4.78 is 13.5. The number of nitrogens with one attached hydrogen (secondary N) is 1. The number of benzene rings is 2. The summed E-state index contributed by atoms with van der Waals surface area (Å²) in [6, 6.07) is 12.4. The van der Waals surface area contributed by atoms with Gasteiger partial charge in [-0.1, -0.05) is 20.3 Å². The van der Waals surface area contributed by atoms with Crippen LogP contribution in [0.25, 0.3) is 0 Å². The molecule has 1 aliphatic rings. The van der Waals surface area contributed by atoms with E-state index in [0.29, 0.717) is 11.3 Å². The molecule has 0 fully saturated rings. The highest BCUT2D eigenvalue weighted by Gasteiger charge is 2.29. The second-order valence-corrected chi connectivity index (χ2v) is 6.83. The van der Waals surface area contributed by atoms with Gasteiger partial charge in [0.2, 0.25) is 5.91 Å². The molecule has 1 unspecified atom stereocenters. The molecule has 0 saturated heterocycles. The van der Waals surface area contributed by atoms with Crippen molar-refractivity contribution >= 4 is 29.2 Å². The van der Waals surface area contributed by atoms with Gasteiger partial charge in [-0.3, -0.25) is 9.79 Å². The maximum Gasteiger partial charge on any atom is 0.237 e. The van der Waals surface area contributed by atoms with Gasteiger partial charge < -0.3 is 10.2 Å². The number of hydrogen-bond donors (Lipinski definition) is 1. The van der Waals surface area contributed by atoms with E-state index in [-0.39, 0.29) is 11.7 Å². The van der Waals surface area contributed by atoms with Crippen molar-refractivity contribution in [1.82, 2.24) is 0 Å². The number of hydrogen-bond acceptors (Lipinski definition) is 3. The van der Waals surface area contributed by atoms with E-state index in [4.69, 9.17) is 0 Å². The van der Waals surface area contributed by atoms with Gasteiger partial charge in [-0.15, -0.1) is 0 Å². The number of carbonyl (C=O) groups is 1. The van der Waals surface area contributed by atoms with E-state index in [9.17, 15) is 9.18 Å². The lowest BCUT2D eigenvalue weighted by Crippen LogP contribution is -2.24. The SMILES string of the molecule is CCCCN(CCC)c1ccc(N=CC2C(=O)Nc3ccc(F)cc32)cc1. The summed E-state index contributed by atoms with van der Waals surface area (Å²) in [7, 11) is 0. The normalized spacial score (nSPS) is 15.8. The molecule has 142 valence electrons. The van der Waals surface area contributed by atoms with Gasteiger partial charge in [-0.2, -0.15) is 0 Å². The van der Waals surface area contributed by atoms with E-state index in [1.54, 1.807) is 12.3 Å². The minimum atomic E-state index is -0.559. The minimum absolute atomic E-state index is 0.176. The first kappa shape index (κ1) is 19.1. The average Bonchev–Trinajstić information content (AvgIpc) is 2.98. The molecule has 0 saturated carbocycles. The Kier molecular flexibility index (Phi) is 6.22. The third-order valence-electron chi connectivity index (χ3n) is 4.75. The highest BCUT2D eigenvalue weighted by atomic mass is 19.1. The molecule has 1 atom stereocenters. The van der Waals surface area contributed by atoms with E-state index in [0.717, 1.165) is 25.2 Å². The molecule has 0 aromatic heterocycles. The number of halogens is 1. The third kappa shape index (κ3) is 4.54. The first-order valence-electron chi connectivity index (χ1n) is 9.62. The largest absolute Gasteiger partial charge is 0.372 e. The second-order valence-electron chi connectivity index (χ2n) is 6.83. The smallest absolute Gasteiger partial charge is 0.237 e. The summed E-state index contributed by atoms with van der Waals surface area (Å²) in [5.41, 5.74) is 3.26. The van der Waals surface area contributed by atoms with Crippen LogP contribution in [0, 0.1) is 5.82 Å². The van der Waals surface area contributed by atoms with Crippen LogP contribution < -0.4 is 10.2 Å². The van der Waals surface area contributed by atoms with Gasteiger partial charge in [0.1, 0.15) is 11.7 Å². The van der Waals surface area contributed by atoms with Crippen molar-refractivity contribution in [2.45, 2.75) is 39.0 Å². The lowest BCUT2D eigenvalue weighted by Gasteiger charge is -2.24. The Hall–Kier alpha value is -2.69. The molecule has 0 spiro atoms. The fourth-order valence-corrected chi connectivity index (χ4v) is 3.30. The van der Waals surface area contributed by atoms with Crippen LogP contribution in [0.5, 0.6) is 0 Å². The van der Waals surface area contributed by atoms with Crippen molar-refractivity contribution in [3.05, 3.63) is 53.8 Å². The summed E-state index contributed by atoms with van der Waals surface area (Å²) in [4.78, 5) is 19.0. The number of amides is 1. The number of anilines is 2. The third-order valence-corrected chi connectivity index (χ3v) is 4.75. The Morgan fingerprint density at radius 3 is 2.59 bits per heavy atom. The van der Waals surface area contributed by atoms with E-state index >= 15 is 0 Å². The molecule has 0 radical (unpaired) electrons. The molecule has 1 heterocycles. The summed E-state index contributed by atoms with van der Waals surface area (Å²) in [6.07, 6.45) is 5.05. The molecular weight excluding hydrogens is 341 g/mol. The number of fused-ring (bicyclic) bond motifs is 1. The number of nitrogens with zero attached hydrogens (tertiary/aromatic N) is 2. The molecule has 2 aromatic rings. The molecule has 27 heavy (non-hydrogen) atoms. The second kappa shape index (κ2) is 8.80. The van der Waals surface area contributed by atoms with Gasteiger partial charge in [0, 0.05) is 30.7 Å². The maximum atomic E-state index is 13.5. The molecule has 3 rings (SSSR count). The zero-order chi connectivity index (χ0) is 19.2. The predicted octanol–water partition coefficient (Wildman–Crippen LogP) is 5.28. The number of carbonyl (C=O) groups excluding carboxylic acids is 1. The van der Waals surface area contributed by atoms with Crippen molar-refractivity contribution in [3.63, 3.8) is 0 Å². The minimum Gasteiger partial charge on any atom is -0.372 e. The number of unbranched alkanes of at least 4 members (excludes halogenated alkanes) is 1. The van der Waals surface area contributed by atoms with Gasteiger partial charge in [0.25, 0.3) is 0 Å². The average molecular weight is 367 g/mol. The van der Waals surface area contributed by atoms with E-state index in [2.05, 4.69) is 41.2 Å². The molecule has 4 nitrogen and oxygen atoms in total. The van der Waals surface area contributed by atoms with Crippen LogP contribution in [0.15, 0.2) is 47.5 Å². The van der Waals surface area contributed by atoms with Crippen molar-refractivity contribution in [2.24, 2.45) is 4.99 Å². The van der Waals surface area contributed by atoms with Gasteiger partial charge >= 0.3 is 0 Å². The van der Waals surface area contributed by atoms with Gasteiger partial charge in [0.05, 0.1) is 5.69 Å². The van der Waals surface area contributed by atoms with E-state index in [1.807, 2.05) is 12.1 Å². The van der Waals surface area contributed by atoms with Gasteiger partial charge in [0.15, 0.2) is 0 Å². The number of aliphatic imine (C=N–C) groups is 1. The van der Waals surface area contributed by atoms with Crippen molar-refractivity contribution in [1.29, 1.82) is 0 Å². The Balaban J connectivity index is 1.73. The maximum absolute atomic E-state index is 13.5. The molecule has 0 bridgehead atoms. The molecule has 1 aliphatic heterocycles. The van der Waals surface area contributed by atoms with Crippen LogP contribution in [0.3, 0.4) is 0 Å². The fraction of sp³-hybridized carbons (Fsp3) is 0.364. The van der Waals surface area contributed by atoms with Crippen molar-refractivity contribution in [2.75, 3.05) is 23.3 Å². The Bertz CT molecular complexity index is 817. The molecule has 1 N–H and O–H groups in total. The van der Waals surface area contributed by atoms with Crippen molar-refractivity contribution < 1.29 is 9.18 Å². The summed E-state index contributed by atoms with van der Waals surface area (Å²) in [6.45, 7) is 6.47. The molecular formula is C22H26FN3O. The number of rotatable bonds is 8. The molecule has 5 heteroatoms. The van der Waals surface area contributed by atoms with Crippen LogP contribution in [-0.4, -0.2) is 25.2 Å². The summed E-state index contributed by atoms with van der Waals surface area (Å²) in [5, 5.41) is 2.77. The topological polar surface area (TPSA) is 44.7 Å². The van der Waals surface area contributed by atoms with E-state index < -0.39 is 5.92 Å². The summed E-state index contributed by atoms with van der Waals surface area (Å²) >= 11 is 0. The lowest BCUT2D eigenvalue weighted by molar-refractivity contribution is -0.115. The Labute approximate surface area is 160 Å². The van der Waals surface area contributed by atoms with Crippen LogP contribution in [0.1, 0.15) is 44.6 Å². The van der Waals surface area contributed by atoms with Gasteiger partial charge in [-0.25, -0.2) is 4.39 Å². The lowest BCUT2D eigenvalue weighted by atomic mass is 10.0. The molecule has 0 aliphatic carbocycles. The van der Waals surface area contributed by atoms with Crippen LogP contribution in [0.4, 0.5) is 21.5 Å². The Morgan fingerprint density at radius 1 is 1.11 bits per heavy atom. The first-order valence-corrected chi connectivity index (χ1v) is 9.62. The van der Waals surface area contributed by atoms with E-state index in [1.165, 1.54) is 30.7 Å². The van der Waals surface area contributed by atoms with Crippen LogP contribution >= 0.6 is 0 Å².